The van der Waals surface area contributed by atoms with Gasteiger partial charge in [0, 0.05) is 5.75 Å². The van der Waals surface area contributed by atoms with Crippen LogP contribution in [0, 0.1) is 0 Å². The Kier molecular flexibility index (Phi) is 8.35. The van der Waals surface area contributed by atoms with Gasteiger partial charge in [-0.3, -0.25) is 0 Å². The second kappa shape index (κ2) is 10.1. The molecule has 0 fully saturated rings. The zero-order chi connectivity index (χ0) is 15.5. The van der Waals surface area contributed by atoms with Gasteiger partial charge < -0.3 is 15.2 Å². The highest BCUT2D eigenvalue weighted by atomic mass is 32.2. The van der Waals surface area contributed by atoms with Gasteiger partial charge in [-0.15, -0.1) is 0 Å². The van der Waals surface area contributed by atoms with Gasteiger partial charge in [0.2, 0.25) is 0 Å². The number of carboxylic acid groups (broad SMARTS) is 1. The predicted octanol–water partition coefficient (Wildman–Crippen LogP) is 2.90. The van der Waals surface area contributed by atoms with Crippen LogP contribution < -0.4 is 5.32 Å². The minimum Gasteiger partial charge on any atom is -0.480 e. The Morgan fingerprint density at radius 1 is 1.33 bits per heavy atom. The van der Waals surface area contributed by atoms with Crippen LogP contribution in [0.25, 0.3) is 0 Å². The van der Waals surface area contributed by atoms with Crippen molar-refractivity contribution < 1.29 is 19.4 Å². The molecule has 6 heteroatoms. The van der Waals surface area contributed by atoms with E-state index in [1.165, 1.54) is 11.8 Å². The summed E-state index contributed by atoms with van der Waals surface area (Å²) in [6, 6.07) is 8.32. The maximum atomic E-state index is 11.6. The molecule has 1 amide bonds. The van der Waals surface area contributed by atoms with E-state index in [1.54, 1.807) is 0 Å². The minimum absolute atomic E-state index is 0.127. The van der Waals surface area contributed by atoms with Gasteiger partial charge in [-0.1, -0.05) is 43.7 Å². The monoisotopic (exact) mass is 311 g/mol. The van der Waals surface area contributed by atoms with Crippen molar-refractivity contribution in [3.8, 4) is 0 Å². The molecule has 116 valence electrons. The van der Waals surface area contributed by atoms with Crippen LogP contribution in [0.1, 0.15) is 25.3 Å². The van der Waals surface area contributed by atoms with Crippen LogP contribution in [0.5, 0.6) is 0 Å². The summed E-state index contributed by atoms with van der Waals surface area (Å²) in [5.74, 6) is 0.187. The number of carbonyl (C=O) groups is 2. The number of hydrogen-bond acceptors (Lipinski definition) is 4. The second-order valence-electron chi connectivity index (χ2n) is 4.53. The SMILES string of the molecule is CCCCSC[C@H](NC(=O)OCc1ccccc1)C(=O)O. The van der Waals surface area contributed by atoms with E-state index in [0.717, 1.165) is 24.2 Å². The molecule has 0 unspecified atom stereocenters. The number of unbranched alkanes of at least 4 members (excludes halogenated alkanes) is 1. The summed E-state index contributed by atoms with van der Waals surface area (Å²) in [5.41, 5.74) is 0.858. The van der Waals surface area contributed by atoms with Crippen LogP contribution in [-0.4, -0.2) is 34.7 Å². The third-order valence-corrected chi connectivity index (χ3v) is 3.88. The summed E-state index contributed by atoms with van der Waals surface area (Å²) < 4.78 is 5.01. The molecule has 1 atom stereocenters. The van der Waals surface area contributed by atoms with Gasteiger partial charge >= 0.3 is 12.1 Å². The molecule has 5 nitrogen and oxygen atoms in total. The zero-order valence-electron chi connectivity index (χ0n) is 12.1. The topological polar surface area (TPSA) is 75.6 Å². The van der Waals surface area contributed by atoms with Crippen LogP contribution in [0.3, 0.4) is 0 Å². The lowest BCUT2D eigenvalue weighted by molar-refractivity contribution is -0.138. The van der Waals surface area contributed by atoms with Crippen molar-refractivity contribution in [3.05, 3.63) is 35.9 Å². The number of carboxylic acids is 1. The third kappa shape index (κ3) is 7.60. The first-order valence-electron chi connectivity index (χ1n) is 6.91. The number of ether oxygens (including phenoxy) is 1. The van der Waals surface area contributed by atoms with Crippen LogP contribution in [0.2, 0.25) is 0 Å². The highest BCUT2D eigenvalue weighted by Crippen LogP contribution is 2.07. The number of amides is 1. The van der Waals surface area contributed by atoms with Crippen molar-refractivity contribution in [2.45, 2.75) is 32.4 Å². The third-order valence-electron chi connectivity index (χ3n) is 2.73. The Hall–Kier alpha value is -1.69. The first kappa shape index (κ1) is 17.4. The van der Waals surface area contributed by atoms with Gasteiger partial charge in [0.05, 0.1) is 0 Å². The molecule has 0 aromatic heterocycles. The van der Waals surface area contributed by atoms with Gasteiger partial charge in [0.25, 0.3) is 0 Å². The number of benzene rings is 1. The molecule has 21 heavy (non-hydrogen) atoms. The summed E-state index contributed by atoms with van der Waals surface area (Å²) in [4.78, 5) is 22.7. The number of thioether (sulfide) groups is 1. The highest BCUT2D eigenvalue weighted by molar-refractivity contribution is 7.99. The average Bonchev–Trinajstić information content (AvgIpc) is 2.49. The Morgan fingerprint density at radius 3 is 2.67 bits per heavy atom. The van der Waals surface area contributed by atoms with Crippen molar-refractivity contribution in [2.75, 3.05) is 11.5 Å². The Morgan fingerprint density at radius 2 is 2.05 bits per heavy atom. The van der Waals surface area contributed by atoms with E-state index in [0.29, 0.717) is 5.75 Å². The van der Waals surface area contributed by atoms with E-state index in [1.807, 2.05) is 30.3 Å². The molecule has 1 rings (SSSR count). The standard InChI is InChI=1S/C15H21NO4S/c1-2-3-9-21-11-13(14(17)18)16-15(19)20-10-12-7-5-4-6-8-12/h4-8,13H,2-3,9-11H2,1H3,(H,16,19)(H,17,18)/t13-/m0/s1. The summed E-state index contributed by atoms with van der Waals surface area (Å²) in [6.07, 6.45) is 1.40. The van der Waals surface area contributed by atoms with Crippen LogP contribution >= 0.6 is 11.8 Å². The van der Waals surface area contributed by atoms with Gasteiger partial charge in [-0.2, -0.15) is 11.8 Å². The fraction of sp³-hybridized carbons (Fsp3) is 0.467. The zero-order valence-corrected chi connectivity index (χ0v) is 12.9. The molecule has 0 aliphatic heterocycles. The molecule has 1 aromatic rings. The molecule has 0 saturated carbocycles. The van der Waals surface area contributed by atoms with E-state index >= 15 is 0 Å². The normalized spacial score (nSPS) is 11.7. The van der Waals surface area contributed by atoms with Crippen LogP contribution in [-0.2, 0) is 16.1 Å². The molecular formula is C15H21NO4S. The van der Waals surface area contributed by atoms with Gasteiger partial charge in [-0.25, -0.2) is 9.59 Å². The largest absolute Gasteiger partial charge is 0.480 e. The van der Waals surface area contributed by atoms with Gasteiger partial charge in [0.15, 0.2) is 0 Å². The molecule has 0 bridgehead atoms. The number of aliphatic carboxylic acids is 1. The molecule has 2 N–H and O–H groups in total. The molecule has 0 saturated heterocycles. The fourth-order valence-electron chi connectivity index (χ4n) is 1.53. The quantitative estimate of drug-likeness (QED) is 0.686. The summed E-state index contributed by atoms with van der Waals surface area (Å²) in [6.45, 7) is 2.20. The minimum atomic E-state index is -1.05. The smallest absolute Gasteiger partial charge is 0.408 e. The molecule has 1 aromatic carbocycles. The lowest BCUT2D eigenvalue weighted by atomic mass is 10.2. The first-order chi connectivity index (χ1) is 10.1. The molecule has 0 aliphatic rings. The number of carbonyl (C=O) groups excluding carboxylic acids is 1. The van der Waals surface area contributed by atoms with Gasteiger partial charge in [0.1, 0.15) is 12.6 Å². The fourth-order valence-corrected chi connectivity index (χ4v) is 2.65. The number of alkyl carbamates (subject to hydrolysis) is 1. The van der Waals surface area contributed by atoms with E-state index in [4.69, 9.17) is 9.84 Å². The van der Waals surface area contributed by atoms with E-state index in [9.17, 15) is 9.59 Å². The highest BCUT2D eigenvalue weighted by Gasteiger charge is 2.20. The second-order valence-corrected chi connectivity index (χ2v) is 5.68. The average molecular weight is 311 g/mol. The predicted molar refractivity (Wildman–Crippen MR) is 83.4 cm³/mol. The van der Waals surface area contributed by atoms with Gasteiger partial charge in [-0.05, 0) is 17.7 Å². The summed E-state index contributed by atoms with van der Waals surface area (Å²) in [7, 11) is 0. The van der Waals surface area contributed by atoms with Crippen molar-refractivity contribution in [1.29, 1.82) is 0 Å². The lowest BCUT2D eigenvalue weighted by Crippen LogP contribution is -2.42. The van der Waals surface area contributed by atoms with E-state index < -0.39 is 18.1 Å². The number of nitrogens with one attached hydrogen (secondary N) is 1. The Balaban J connectivity index is 2.33. The molecule has 0 aliphatic carbocycles. The van der Waals surface area contributed by atoms with Crippen molar-refractivity contribution >= 4 is 23.8 Å². The summed E-state index contributed by atoms with van der Waals surface area (Å²) in [5, 5.41) is 11.5. The molecule has 0 radical (unpaired) electrons. The van der Waals surface area contributed by atoms with E-state index in [2.05, 4.69) is 12.2 Å². The Bertz CT molecular complexity index is 439. The molecular weight excluding hydrogens is 290 g/mol. The first-order valence-corrected chi connectivity index (χ1v) is 8.06. The van der Waals surface area contributed by atoms with Crippen LogP contribution in [0.15, 0.2) is 30.3 Å². The molecule has 0 spiro atoms. The van der Waals surface area contributed by atoms with Crippen molar-refractivity contribution in [3.63, 3.8) is 0 Å². The van der Waals surface area contributed by atoms with Crippen molar-refractivity contribution in [1.82, 2.24) is 5.32 Å². The Labute approximate surface area is 129 Å². The maximum Gasteiger partial charge on any atom is 0.408 e. The van der Waals surface area contributed by atoms with Crippen LogP contribution in [0.4, 0.5) is 4.79 Å². The van der Waals surface area contributed by atoms with E-state index in [-0.39, 0.29) is 6.61 Å². The number of rotatable bonds is 9. The maximum absolute atomic E-state index is 11.6. The molecule has 0 heterocycles. The number of hydrogen-bond donors (Lipinski definition) is 2. The van der Waals surface area contributed by atoms with Crippen molar-refractivity contribution in [2.24, 2.45) is 0 Å². The summed E-state index contributed by atoms with van der Waals surface area (Å²) >= 11 is 1.52. The lowest BCUT2D eigenvalue weighted by Gasteiger charge is -2.14.